The van der Waals surface area contributed by atoms with E-state index in [0.717, 1.165) is 12.1 Å². The minimum atomic E-state index is -3.30. The second kappa shape index (κ2) is 5.36. The number of sulfone groups is 1. The molecule has 0 amide bonds. The quantitative estimate of drug-likeness (QED) is 0.853. The maximum atomic E-state index is 12.8. The van der Waals surface area contributed by atoms with E-state index in [0.29, 0.717) is 6.42 Å². The Labute approximate surface area is 93.2 Å². The van der Waals surface area contributed by atoms with Crippen molar-refractivity contribution < 1.29 is 17.2 Å². The van der Waals surface area contributed by atoms with Gasteiger partial charge in [0.25, 0.3) is 0 Å². The monoisotopic (exact) mass is 249 g/mol. The third-order valence-corrected chi connectivity index (χ3v) is 3.71. The Kier molecular flexibility index (Phi) is 4.37. The summed E-state index contributed by atoms with van der Waals surface area (Å²) in [6.45, 7) is 0.289. The van der Waals surface area contributed by atoms with E-state index >= 15 is 0 Å². The van der Waals surface area contributed by atoms with Crippen LogP contribution in [0.4, 0.5) is 8.78 Å². The molecule has 0 saturated carbocycles. The molecule has 0 spiro atoms. The molecule has 1 aromatic carbocycles. The molecule has 0 fully saturated rings. The standard InChI is InChI=1S/C10H13F2NO2S/c11-9-3-2-8(6-10(9)12)7-16(14,15)5-1-4-13/h2-3,6H,1,4-5,7,13H2. The van der Waals surface area contributed by atoms with Gasteiger partial charge in [0.1, 0.15) is 0 Å². The summed E-state index contributed by atoms with van der Waals surface area (Å²) in [5.74, 6) is -2.35. The van der Waals surface area contributed by atoms with Crippen LogP contribution < -0.4 is 5.73 Å². The van der Waals surface area contributed by atoms with Crippen molar-refractivity contribution in [2.45, 2.75) is 12.2 Å². The summed E-state index contributed by atoms with van der Waals surface area (Å²) in [6.07, 6.45) is 0.367. The molecule has 0 aliphatic heterocycles. The molecule has 90 valence electrons. The number of hydrogen-bond donors (Lipinski definition) is 1. The number of rotatable bonds is 5. The zero-order chi connectivity index (χ0) is 12.2. The molecule has 1 rings (SSSR count). The van der Waals surface area contributed by atoms with Gasteiger partial charge in [-0.15, -0.1) is 0 Å². The number of halogens is 2. The van der Waals surface area contributed by atoms with Crippen LogP contribution in [0, 0.1) is 11.6 Å². The van der Waals surface area contributed by atoms with E-state index in [1.807, 2.05) is 0 Å². The third-order valence-electron chi connectivity index (χ3n) is 2.03. The Morgan fingerprint density at radius 2 is 1.88 bits per heavy atom. The number of nitrogens with two attached hydrogens (primary N) is 1. The Hall–Kier alpha value is -1.01. The largest absolute Gasteiger partial charge is 0.330 e. The first kappa shape index (κ1) is 13.1. The lowest BCUT2D eigenvalue weighted by Gasteiger charge is -2.04. The van der Waals surface area contributed by atoms with Crippen LogP contribution in [0.5, 0.6) is 0 Å². The molecule has 0 saturated heterocycles. The number of hydrogen-bond acceptors (Lipinski definition) is 3. The fourth-order valence-electron chi connectivity index (χ4n) is 1.26. The molecule has 0 radical (unpaired) electrons. The Bertz CT molecular complexity index is 460. The van der Waals surface area contributed by atoms with E-state index in [4.69, 9.17) is 5.73 Å². The van der Waals surface area contributed by atoms with E-state index < -0.39 is 21.5 Å². The summed E-state index contributed by atoms with van der Waals surface area (Å²) in [5, 5.41) is 0. The first-order chi connectivity index (χ1) is 7.44. The van der Waals surface area contributed by atoms with Gasteiger partial charge in [0.05, 0.1) is 11.5 Å². The van der Waals surface area contributed by atoms with Crippen molar-refractivity contribution in [3.63, 3.8) is 0 Å². The molecule has 0 heterocycles. The zero-order valence-corrected chi connectivity index (χ0v) is 9.43. The van der Waals surface area contributed by atoms with Crippen molar-refractivity contribution in [2.24, 2.45) is 5.73 Å². The van der Waals surface area contributed by atoms with Crippen molar-refractivity contribution in [3.05, 3.63) is 35.4 Å². The number of benzene rings is 1. The molecule has 0 atom stereocenters. The van der Waals surface area contributed by atoms with Crippen LogP contribution >= 0.6 is 0 Å². The highest BCUT2D eigenvalue weighted by Crippen LogP contribution is 2.12. The highest BCUT2D eigenvalue weighted by molar-refractivity contribution is 7.90. The fraction of sp³-hybridized carbons (Fsp3) is 0.400. The van der Waals surface area contributed by atoms with Gasteiger partial charge in [-0.3, -0.25) is 0 Å². The summed E-state index contributed by atoms with van der Waals surface area (Å²) < 4.78 is 48.4. The minimum Gasteiger partial charge on any atom is -0.330 e. The van der Waals surface area contributed by atoms with Gasteiger partial charge < -0.3 is 5.73 Å². The smallest absolute Gasteiger partial charge is 0.159 e. The molecule has 0 unspecified atom stereocenters. The maximum absolute atomic E-state index is 12.8. The minimum absolute atomic E-state index is 0.0392. The van der Waals surface area contributed by atoms with E-state index in [-0.39, 0.29) is 23.6 Å². The second-order valence-electron chi connectivity index (χ2n) is 3.48. The van der Waals surface area contributed by atoms with Crippen LogP contribution in [-0.4, -0.2) is 20.7 Å². The predicted molar refractivity (Wildman–Crippen MR) is 57.5 cm³/mol. The van der Waals surface area contributed by atoms with Crippen molar-refractivity contribution in [1.29, 1.82) is 0 Å². The van der Waals surface area contributed by atoms with E-state index in [1.165, 1.54) is 6.07 Å². The Morgan fingerprint density at radius 1 is 1.19 bits per heavy atom. The van der Waals surface area contributed by atoms with Crippen LogP contribution in [0.25, 0.3) is 0 Å². The van der Waals surface area contributed by atoms with Gasteiger partial charge in [-0.25, -0.2) is 17.2 Å². The molecular formula is C10H13F2NO2S. The molecule has 2 N–H and O–H groups in total. The molecule has 0 aliphatic rings. The van der Waals surface area contributed by atoms with Crippen LogP contribution in [0.1, 0.15) is 12.0 Å². The third kappa shape index (κ3) is 3.86. The molecule has 16 heavy (non-hydrogen) atoms. The summed E-state index contributed by atoms with van der Waals surface area (Å²) in [5.41, 5.74) is 5.45. The highest BCUT2D eigenvalue weighted by Gasteiger charge is 2.12. The molecule has 0 aromatic heterocycles. The van der Waals surface area contributed by atoms with Gasteiger partial charge in [-0.2, -0.15) is 0 Å². The van der Waals surface area contributed by atoms with Gasteiger partial charge in [0, 0.05) is 0 Å². The molecular weight excluding hydrogens is 236 g/mol. The summed E-state index contributed by atoms with van der Waals surface area (Å²) in [6, 6.07) is 3.08. The normalized spacial score (nSPS) is 11.7. The Morgan fingerprint density at radius 3 is 2.44 bits per heavy atom. The van der Waals surface area contributed by atoms with Crippen molar-refractivity contribution in [3.8, 4) is 0 Å². The van der Waals surface area contributed by atoms with Crippen LogP contribution in [0.15, 0.2) is 18.2 Å². The summed E-state index contributed by atoms with van der Waals surface area (Å²) >= 11 is 0. The van der Waals surface area contributed by atoms with Crippen molar-refractivity contribution in [1.82, 2.24) is 0 Å². The van der Waals surface area contributed by atoms with E-state index in [1.54, 1.807) is 0 Å². The Balaban J connectivity index is 2.76. The van der Waals surface area contributed by atoms with Gasteiger partial charge >= 0.3 is 0 Å². The molecule has 6 heteroatoms. The van der Waals surface area contributed by atoms with Gasteiger partial charge in [0.15, 0.2) is 21.5 Å². The summed E-state index contributed by atoms with van der Waals surface area (Å²) in [7, 11) is -3.30. The molecule has 0 aliphatic carbocycles. The fourth-order valence-corrected chi connectivity index (χ4v) is 2.70. The lowest BCUT2D eigenvalue weighted by molar-refractivity contribution is 0.507. The van der Waals surface area contributed by atoms with Crippen LogP contribution in [0.3, 0.4) is 0 Å². The second-order valence-corrected chi connectivity index (χ2v) is 5.67. The average Bonchev–Trinajstić information content (AvgIpc) is 2.20. The highest BCUT2D eigenvalue weighted by atomic mass is 32.2. The van der Waals surface area contributed by atoms with Gasteiger partial charge in [-0.1, -0.05) is 6.07 Å². The SMILES string of the molecule is NCCCS(=O)(=O)Cc1ccc(F)c(F)c1. The molecule has 3 nitrogen and oxygen atoms in total. The lowest BCUT2D eigenvalue weighted by Crippen LogP contribution is -2.13. The van der Waals surface area contributed by atoms with E-state index in [2.05, 4.69) is 0 Å². The first-order valence-corrected chi connectivity index (χ1v) is 6.61. The van der Waals surface area contributed by atoms with Crippen molar-refractivity contribution in [2.75, 3.05) is 12.3 Å². The topological polar surface area (TPSA) is 60.2 Å². The lowest BCUT2D eigenvalue weighted by atomic mass is 10.2. The van der Waals surface area contributed by atoms with Crippen molar-refractivity contribution >= 4 is 9.84 Å². The van der Waals surface area contributed by atoms with Crippen LogP contribution in [0.2, 0.25) is 0 Å². The molecule has 1 aromatic rings. The van der Waals surface area contributed by atoms with Crippen LogP contribution in [-0.2, 0) is 15.6 Å². The predicted octanol–water partition coefficient (Wildman–Crippen LogP) is 1.23. The van der Waals surface area contributed by atoms with E-state index in [9.17, 15) is 17.2 Å². The van der Waals surface area contributed by atoms with Gasteiger partial charge in [-0.05, 0) is 30.7 Å². The molecule has 0 bridgehead atoms. The maximum Gasteiger partial charge on any atom is 0.159 e. The zero-order valence-electron chi connectivity index (χ0n) is 8.62. The average molecular weight is 249 g/mol. The first-order valence-electron chi connectivity index (χ1n) is 4.79. The summed E-state index contributed by atoms with van der Waals surface area (Å²) in [4.78, 5) is 0. The van der Waals surface area contributed by atoms with Gasteiger partial charge in [0.2, 0.25) is 0 Å².